The van der Waals surface area contributed by atoms with Gasteiger partial charge in [-0.05, 0) is 41.4 Å². The van der Waals surface area contributed by atoms with Crippen LogP contribution in [0.15, 0.2) is 16.7 Å². The van der Waals surface area contributed by atoms with Crippen LogP contribution in [0, 0.1) is 6.92 Å². The summed E-state index contributed by atoms with van der Waals surface area (Å²) in [4.78, 5) is 14.4. The lowest BCUT2D eigenvalue weighted by Crippen LogP contribution is -2.32. The average molecular weight is 323 g/mol. The molecule has 0 aliphatic heterocycles. The van der Waals surface area contributed by atoms with Gasteiger partial charge in [-0.2, -0.15) is 0 Å². The lowest BCUT2D eigenvalue weighted by molar-refractivity contribution is -0.136. The number of carboxylic acids is 1. The summed E-state index contributed by atoms with van der Waals surface area (Å²) in [6.07, 6.45) is 1.44. The van der Waals surface area contributed by atoms with Crippen molar-refractivity contribution in [3.63, 3.8) is 0 Å². The first-order valence-electron chi connectivity index (χ1n) is 4.60. The van der Waals surface area contributed by atoms with E-state index in [-0.39, 0.29) is 5.82 Å². The van der Waals surface area contributed by atoms with Crippen LogP contribution in [0.4, 0.5) is 5.82 Å². The molecule has 1 aromatic rings. The van der Waals surface area contributed by atoms with Gasteiger partial charge in [-0.1, -0.05) is 0 Å². The Morgan fingerprint density at radius 2 is 2.18 bits per heavy atom. The average Bonchev–Trinajstić information content (AvgIpc) is 2.22. The molecule has 0 aliphatic rings. The Morgan fingerprint density at radius 3 is 2.65 bits per heavy atom. The number of aryl methyl sites for hydroxylation is 1. The molecule has 0 saturated heterocycles. The molecule has 17 heavy (non-hydrogen) atoms. The summed E-state index contributed by atoms with van der Waals surface area (Å²) in [5.74, 6) is -1.31. The molecule has 0 amide bonds. The highest BCUT2D eigenvalue weighted by molar-refractivity contribution is 9.10. The van der Waals surface area contributed by atoms with Crippen LogP contribution in [0.1, 0.15) is 12.5 Å². The summed E-state index contributed by atoms with van der Waals surface area (Å²) < 4.78 is 26.1. The van der Waals surface area contributed by atoms with Crippen molar-refractivity contribution in [1.82, 2.24) is 4.98 Å². The summed E-state index contributed by atoms with van der Waals surface area (Å²) in [7, 11) is -3.97. The van der Waals surface area contributed by atoms with Crippen molar-refractivity contribution in [3.05, 3.63) is 22.3 Å². The summed E-state index contributed by atoms with van der Waals surface area (Å²) in [5, 5.41) is 7.11. The van der Waals surface area contributed by atoms with Gasteiger partial charge in [0.25, 0.3) is 0 Å². The zero-order valence-corrected chi connectivity index (χ0v) is 11.5. The predicted octanol–water partition coefficient (Wildman–Crippen LogP) is 1.37. The topological polar surface area (TPSA) is 96.4 Å². The minimum absolute atomic E-state index is 0.0961. The van der Waals surface area contributed by atoms with Crippen molar-refractivity contribution in [2.75, 3.05) is 4.72 Å². The monoisotopic (exact) mass is 322 g/mol. The van der Waals surface area contributed by atoms with Crippen LogP contribution in [0.5, 0.6) is 0 Å². The standard InChI is InChI=1S/C9H11BrN2O4S/c1-5-3-8(11-4-7(5)10)12-17(15,16)6(2)9(13)14/h3-4,6H,1-2H3,(H,11,12)(H,13,14). The summed E-state index contributed by atoms with van der Waals surface area (Å²) >= 11 is 3.23. The fourth-order valence-corrected chi connectivity index (χ4v) is 2.02. The number of hydrogen-bond acceptors (Lipinski definition) is 4. The fraction of sp³-hybridized carbons (Fsp3) is 0.333. The number of anilines is 1. The number of aromatic nitrogens is 1. The maximum Gasteiger partial charge on any atom is 0.323 e. The third-order valence-electron chi connectivity index (χ3n) is 2.11. The molecule has 94 valence electrons. The number of carboxylic acid groups (broad SMARTS) is 1. The van der Waals surface area contributed by atoms with Crippen LogP contribution in [-0.2, 0) is 14.8 Å². The van der Waals surface area contributed by atoms with E-state index in [2.05, 4.69) is 25.6 Å². The van der Waals surface area contributed by atoms with Gasteiger partial charge in [0.15, 0.2) is 5.25 Å². The quantitative estimate of drug-likeness (QED) is 0.872. The SMILES string of the molecule is Cc1cc(NS(=O)(=O)C(C)C(=O)O)ncc1Br. The van der Waals surface area contributed by atoms with Crippen molar-refractivity contribution in [3.8, 4) is 0 Å². The van der Waals surface area contributed by atoms with E-state index >= 15 is 0 Å². The van der Waals surface area contributed by atoms with Crippen molar-refractivity contribution in [2.24, 2.45) is 0 Å². The van der Waals surface area contributed by atoms with E-state index in [1.807, 2.05) is 0 Å². The molecule has 0 spiro atoms. The second kappa shape index (κ2) is 5.01. The molecular weight excluding hydrogens is 312 g/mol. The number of carbonyl (C=O) groups is 1. The van der Waals surface area contributed by atoms with Crippen LogP contribution in [0.3, 0.4) is 0 Å². The molecule has 8 heteroatoms. The van der Waals surface area contributed by atoms with Crippen LogP contribution in [-0.4, -0.2) is 29.7 Å². The Bertz CT molecular complexity index is 544. The number of nitrogens with one attached hydrogen (secondary N) is 1. The largest absolute Gasteiger partial charge is 0.480 e. The molecule has 1 aromatic heterocycles. The van der Waals surface area contributed by atoms with Crippen molar-refractivity contribution in [1.29, 1.82) is 0 Å². The Kier molecular flexibility index (Phi) is 4.10. The molecule has 1 rings (SSSR count). The third-order valence-corrected chi connectivity index (χ3v) is 4.56. The molecule has 1 unspecified atom stereocenters. The van der Waals surface area contributed by atoms with E-state index in [1.54, 1.807) is 6.92 Å². The lowest BCUT2D eigenvalue weighted by Gasteiger charge is -2.11. The number of nitrogens with zero attached hydrogens (tertiary/aromatic N) is 1. The molecule has 1 atom stereocenters. The zero-order chi connectivity index (χ0) is 13.2. The fourth-order valence-electron chi connectivity index (χ4n) is 0.962. The molecule has 0 bridgehead atoms. The molecule has 1 heterocycles. The van der Waals surface area contributed by atoms with Crippen molar-refractivity contribution < 1.29 is 18.3 Å². The van der Waals surface area contributed by atoms with E-state index in [9.17, 15) is 13.2 Å². The van der Waals surface area contributed by atoms with Gasteiger partial charge in [0.2, 0.25) is 10.0 Å². The van der Waals surface area contributed by atoms with Gasteiger partial charge in [0.1, 0.15) is 5.82 Å². The van der Waals surface area contributed by atoms with E-state index in [0.717, 1.165) is 17.0 Å². The van der Waals surface area contributed by atoms with Gasteiger partial charge in [0.05, 0.1) is 0 Å². The Hall–Kier alpha value is -1.15. The molecule has 6 nitrogen and oxygen atoms in total. The van der Waals surface area contributed by atoms with Crippen LogP contribution in [0.25, 0.3) is 0 Å². The smallest absolute Gasteiger partial charge is 0.323 e. The van der Waals surface area contributed by atoms with E-state index in [4.69, 9.17) is 5.11 Å². The van der Waals surface area contributed by atoms with Gasteiger partial charge in [-0.3, -0.25) is 9.52 Å². The van der Waals surface area contributed by atoms with E-state index < -0.39 is 21.2 Å². The van der Waals surface area contributed by atoms with Crippen molar-refractivity contribution >= 4 is 37.7 Å². The van der Waals surface area contributed by atoms with E-state index in [1.165, 1.54) is 12.3 Å². The number of aliphatic carboxylic acids is 1. The molecule has 0 fully saturated rings. The zero-order valence-electron chi connectivity index (χ0n) is 9.14. The third kappa shape index (κ3) is 3.40. The van der Waals surface area contributed by atoms with Gasteiger partial charge in [-0.25, -0.2) is 13.4 Å². The Morgan fingerprint density at radius 1 is 1.59 bits per heavy atom. The van der Waals surface area contributed by atoms with Gasteiger partial charge < -0.3 is 5.11 Å². The second-order valence-corrected chi connectivity index (χ2v) is 6.30. The maximum absolute atomic E-state index is 11.6. The van der Waals surface area contributed by atoms with Crippen LogP contribution < -0.4 is 4.72 Å². The first-order chi connectivity index (χ1) is 7.74. The van der Waals surface area contributed by atoms with Crippen LogP contribution >= 0.6 is 15.9 Å². The molecule has 0 radical (unpaired) electrons. The minimum atomic E-state index is -3.97. The number of sulfonamides is 1. The molecule has 2 N–H and O–H groups in total. The normalized spacial score (nSPS) is 13.1. The summed E-state index contributed by atoms with van der Waals surface area (Å²) in [6.45, 7) is 2.86. The van der Waals surface area contributed by atoms with E-state index in [0.29, 0.717) is 0 Å². The van der Waals surface area contributed by atoms with Crippen LogP contribution in [0.2, 0.25) is 0 Å². The number of hydrogen-bond donors (Lipinski definition) is 2. The molecule has 0 saturated carbocycles. The molecule has 0 aliphatic carbocycles. The first-order valence-corrected chi connectivity index (χ1v) is 6.94. The summed E-state index contributed by atoms with van der Waals surface area (Å²) in [6, 6.07) is 1.51. The molecular formula is C9H11BrN2O4S. The highest BCUT2D eigenvalue weighted by atomic mass is 79.9. The highest BCUT2D eigenvalue weighted by Crippen LogP contribution is 2.18. The van der Waals surface area contributed by atoms with Gasteiger partial charge >= 0.3 is 5.97 Å². The maximum atomic E-state index is 11.6. The Balaban J connectivity index is 2.98. The van der Waals surface area contributed by atoms with Gasteiger partial charge in [-0.15, -0.1) is 0 Å². The number of pyridine rings is 1. The molecule has 0 aromatic carbocycles. The number of halogens is 1. The second-order valence-electron chi connectivity index (χ2n) is 3.45. The Labute approximate surface area is 107 Å². The van der Waals surface area contributed by atoms with Crippen molar-refractivity contribution in [2.45, 2.75) is 19.1 Å². The summed E-state index contributed by atoms with van der Waals surface area (Å²) in [5.41, 5.74) is 0.792. The lowest BCUT2D eigenvalue weighted by atomic mass is 10.3. The number of rotatable bonds is 4. The van der Waals surface area contributed by atoms with Gasteiger partial charge in [0, 0.05) is 10.7 Å². The predicted molar refractivity (Wildman–Crippen MR) is 66.3 cm³/mol. The highest BCUT2D eigenvalue weighted by Gasteiger charge is 2.27. The minimum Gasteiger partial charge on any atom is -0.480 e. The first kappa shape index (κ1) is 13.9.